The van der Waals surface area contributed by atoms with Gasteiger partial charge >= 0.3 is 5.97 Å². The largest absolute Gasteiger partial charge is 0.481 e. The summed E-state index contributed by atoms with van der Waals surface area (Å²) in [6.07, 6.45) is 3.93. The smallest absolute Gasteiger partial charge is 0.306 e. The van der Waals surface area contributed by atoms with Crippen LogP contribution in [0.3, 0.4) is 0 Å². The first-order chi connectivity index (χ1) is 9.08. The Morgan fingerprint density at radius 1 is 1.26 bits per heavy atom. The Labute approximate surface area is 113 Å². The van der Waals surface area contributed by atoms with Crippen LogP contribution in [0.1, 0.15) is 48.0 Å². The van der Waals surface area contributed by atoms with Crippen LogP contribution >= 0.6 is 0 Å². The number of carbonyl (C=O) groups excluding carboxylic acids is 1. The first-order valence-electron chi connectivity index (χ1n) is 6.90. The molecule has 1 aromatic rings. The van der Waals surface area contributed by atoms with Gasteiger partial charge in [-0.05, 0) is 31.7 Å². The molecule has 0 heterocycles. The summed E-state index contributed by atoms with van der Waals surface area (Å²) in [5, 5.41) is 9.22. The Kier molecular flexibility index (Phi) is 4.35. The fourth-order valence-electron chi connectivity index (χ4n) is 2.95. The Balaban J connectivity index is 2.07. The van der Waals surface area contributed by atoms with Gasteiger partial charge < -0.3 is 5.11 Å². The van der Waals surface area contributed by atoms with Gasteiger partial charge in [-0.15, -0.1) is 0 Å². The molecule has 0 bridgehead atoms. The molecule has 0 amide bonds. The molecule has 0 spiro atoms. The van der Waals surface area contributed by atoms with Crippen molar-refractivity contribution < 1.29 is 14.7 Å². The summed E-state index contributed by atoms with van der Waals surface area (Å²) in [4.78, 5) is 23.5. The van der Waals surface area contributed by atoms with Crippen LogP contribution < -0.4 is 0 Å². The molecule has 0 radical (unpaired) electrons. The van der Waals surface area contributed by atoms with Gasteiger partial charge in [0, 0.05) is 12.0 Å². The Morgan fingerprint density at radius 3 is 2.68 bits per heavy atom. The normalized spacial score (nSPS) is 23.0. The van der Waals surface area contributed by atoms with Crippen molar-refractivity contribution in [1.29, 1.82) is 0 Å². The van der Waals surface area contributed by atoms with Crippen LogP contribution in [-0.4, -0.2) is 16.9 Å². The fourth-order valence-corrected chi connectivity index (χ4v) is 2.95. The highest BCUT2D eigenvalue weighted by Gasteiger charge is 2.32. The first-order valence-corrected chi connectivity index (χ1v) is 6.90. The summed E-state index contributed by atoms with van der Waals surface area (Å²) in [5.41, 5.74) is 1.76. The van der Waals surface area contributed by atoms with Crippen molar-refractivity contribution in [3.8, 4) is 0 Å². The third kappa shape index (κ3) is 3.43. The molecule has 1 saturated carbocycles. The summed E-state index contributed by atoms with van der Waals surface area (Å²) in [6.45, 7) is 1.96. The number of carboxylic acid groups (broad SMARTS) is 1. The summed E-state index contributed by atoms with van der Waals surface area (Å²) >= 11 is 0. The minimum absolute atomic E-state index is 0.000683. The van der Waals surface area contributed by atoms with Gasteiger partial charge in [0.05, 0.1) is 5.92 Å². The molecule has 102 valence electrons. The minimum atomic E-state index is -0.748. The maximum atomic E-state index is 12.2. The molecule has 1 fully saturated rings. The maximum Gasteiger partial charge on any atom is 0.306 e. The van der Waals surface area contributed by atoms with Crippen LogP contribution in [0.15, 0.2) is 24.3 Å². The van der Waals surface area contributed by atoms with Crippen molar-refractivity contribution in [2.45, 2.75) is 39.0 Å². The van der Waals surface area contributed by atoms with Crippen molar-refractivity contribution in [3.05, 3.63) is 35.4 Å². The molecule has 1 aliphatic carbocycles. The number of benzene rings is 1. The predicted octanol–water partition coefficient (Wildman–Crippen LogP) is 3.46. The predicted molar refractivity (Wildman–Crippen MR) is 73.2 cm³/mol. The lowest BCUT2D eigenvalue weighted by Crippen LogP contribution is -2.28. The lowest BCUT2D eigenvalue weighted by Gasteiger charge is -2.27. The summed E-state index contributed by atoms with van der Waals surface area (Å²) < 4.78 is 0. The number of aliphatic carboxylic acids is 1. The van der Waals surface area contributed by atoms with Crippen LogP contribution in [0.25, 0.3) is 0 Å². The molecular formula is C16H20O3. The van der Waals surface area contributed by atoms with E-state index in [2.05, 4.69) is 0 Å². The summed E-state index contributed by atoms with van der Waals surface area (Å²) in [6, 6.07) is 7.52. The van der Waals surface area contributed by atoms with E-state index in [1.165, 1.54) is 0 Å². The molecule has 3 heteroatoms. The zero-order valence-electron chi connectivity index (χ0n) is 11.3. The van der Waals surface area contributed by atoms with Crippen molar-refractivity contribution in [2.75, 3.05) is 0 Å². The molecule has 19 heavy (non-hydrogen) atoms. The number of rotatable bonds is 4. The quantitative estimate of drug-likeness (QED) is 0.843. The van der Waals surface area contributed by atoms with Crippen molar-refractivity contribution in [3.63, 3.8) is 0 Å². The van der Waals surface area contributed by atoms with E-state index in [-0.39, 0.29) is 17.6 Å². The fraction of sp³-hybridized carbons (Fsp3) is 0.500. The van der Waals surface area contributed by atoms with E-state index in [4.69, 9.17) is 0 Å². The van der Waals surface area contributed by atoms with Gasteiger partial charge in [0.1, 0.15) is 0 Å². The van der Waals surface area contributed by atoms with Gasteiger partial charge in [-0.3, -0.25) is 9.59 Å². The van der Waals surface area contributed by atoms with E-state index >= 15 is 0 Å². The number of carbonyl (C=O) groups is 2. The van der Waals surface area contributed by atoms with Crippen LogP contribution in [0.4, 0.5) is 0 Å². The van der Waals surface area contributed by atoms with Gasteiger partial charge in [-0.2, -0.15) is 0 Å². The number of ketones is 1. The topological polar surface area (TPSA) is 54.4 Å². The molecule has 2 rings (SSSR count). The standard InChI is InChI=1S/C16H20O3/c1-11-5-4-7-13(9-11)15(17)10-12-6-2-3-8-14(12)16(18)19/h4-5,7,9,12,14H,2-3,6,8,10H2,1H3,(H,18,19)/t12-,14-/m0/s1. The average Bonchev–Trinajstić information content (AvgIpc) is 2.39. The van der Waals surface area contributed by atoms with Gasteiger partial charge in [0.2, 0.25) is 0 Å². The number of Topliss-reactive ketones (excluding diaryl/α,β-unsaturated/α-hetero) is 1. The van der Waals surface area contributed by atoms with Gasteiger partial charge in [0.15, 0.2) is 5.78 Å². The Bertz CT molecular complexity index is 479. The lowest BCUT2D eigenvalue weighted by molar-refractivity contribution is -0.144. The third-order valence-electron chi connectivity index (χ3n) is 4.01. The van der Waals surface area contributed by atoms with Crippen LogP contribution in [0.2, 0.25) is 0 Å². The molecule has 2 atom stereocenters. The molecule has 1 aliphatic rings. The Morgan fingerprint density at radius 2 is 2.00 bits per heavy atom. The minimum Gasteiger partial charge on any atom is -0.481 e. The second-order valence-corrected chi connectivity index (χ2v) is 5.49. The summed E-state index contributed by atoms with van der Waals surface area (Å²) in [5.74, 6) is -1.02. The molecule has 0 unspecified atom stereocenters. The van der Waals surface area contributed by atoms with E-state index in [1.807, 2.05) is 31.2 Å². The van der Waals surface area contributed by atoms with Crippen molar-refractivity contribution in [1.82, 2.24) is 0 Å². The lowest BCUT2D eigenvalue weighted by atomic mass is 9.76. The van der Waals surface area contributed by atoms with E-state index in [0.717, 1.165) is 24.8 Å². The maximum absolute atomic E-state index is 12.2. The van der Waals surface area contributed by atoms with Crippen molar-refractivity contribution in [2.24, 2.45) is 11.8 Å². The van der Waals surface area contributed by atoms with Gasteiger partial charge in [0.25, 0.3) is 0 Å². The van der Waals surface area contributed by atoms with Gasteiger partial charge in [-0.1, -0.05) is 36.6 Å². The molecule has 3 nitrogen and oxygen atoms in total. The van der Waals surface area contributed by atoms with Crippen LogP contribution in [-0.2, 0) is 4.79 Å². The zero-order chi connectivity index (χ0) is 13.8. The highest BCUT2D eigenvalue weighted by Crippen LogP contribution is 2.33. The molecule has 0 aromatic heterocycles. The van der Waals surface area contributed by atoms with E-state index < -0.39 is 5.97 Å². The SMILES string of the molecule is Cc1cccc(C(=O)C[C@@H]2CCCC[C@@H]2C(=O)O)c1. The molecule has 1 aromatic carbocycles. The number of carboxylic acids is 1. The molecular weight excluding hydrogens is 240 g/mol. The monoisotopic (exact) mass is 260 g/mol. The summed E-state index contributed by atoms with van der Waals surface area (Å²) in [7, 11) is 0. The molecule has 0 saturated heterocycles. The van der Waals surface area contributed by atoms with Gasteiger partial charge in [-0.25, -0.2) is 0 Å². The first kappa shape index (κ1) is 13.8. The van der Waals surface area contributed by atoms with E-state index in [9.17, 15) is 14.7 Å². The van der Waals surface area contributed by atoms with Crippen LogP contribution in [0.5, 0.6) is 0 Å². The van der Waals surface area contributed by atoms with E-state index in [0.29, 0.717) is 18.4 Å². The number of aryl methyl sites for hydroxylation is 1. The number of hydrogen-bond donors (Lipinski definition) is 1. The molecule has 1 N–H and O–H groups in total. The van der Waals surface area contributed by atoms with Crippen LogP contribution in [0, 0.1) is 18.8 Å². The third-order valence-corrected chi connectivity index (χ3v) is 4.01. The Hall–Kier alpha value is -1.64. The second-order valence-electron chi connectivity index (χ2n) is 5.49. The second kappa shape index (κ2) is 6.00. The number of hydrogen-bond acceptors (Lipinski definition) is 2. The van der Waals surface area contributed by atoms with E-state index in [1.54, 1.807) is 0 Å². The highest BCUT2D eigenvalue weighted by atomic mass is 16.4. The average molecular weight is 260 g/mol. The molecule has 0 aliphatic heterocycles. The highest BCUT2D eigenvalue weighted by molar-refractivity contribution is 5.96. The van der Waals surface area contributed by atoms with Crippen molar-refractivity contribution >= 4 is 11.8 Å². The zero-order valence-corrected chi connectivity index (χ0v) is 11.3.